The van der Waals surface area contributed by atoms with Gasteiger partial charge in [0.2, 0.25) is 16.9 Å². The lowest BCUT2D eigenvalue weighted by molar-refractivity contribution is -0.131. The molecule has 10 heteroatoms. The molecule has 0 spiro atoms. The van der Waals surface area contributed by atoms with Crippen LogP contribution in [0.15, 0.2) is 46.1 Å². The summed E-state index contributed by atoms with van der Waals surface area (Å²) in [4.78, 5) is 27.2. The molecule has 0 unspecified atom stereocenters. The van der Waals surface area contributed by atoms with Gasteiger partial charge in [0.15, 0.2) is 4.34 Å². The Bertz CT molecular complexity index is 957. The van der Waals surface area contributed by atoms with Crippen LogP contribution in [0.3, 0.4) is 0 Å². The summed E-state index contributed by atoms with van der Waals surface area (Å²) in [5, 5.41) is 17.1. The highest BCUT2D eigenvalue weighted by atomic mass is 32.2. The van der Waals surface area contributed by atoms with Gasteiger partial charge in [-0.2, -0.15) is 0 Å². The molecule has 0 saturated carbocycles. The van der Waals surface area contributed by atoms with Crippen molar-refractivity contribution in [2.45, 2.75) is 17.7 Å². The van der Waals surface area contributed by atoms with Crippen molar-refractivity contribution >= 4 is 57.1 Å². The van der Waals surface area contributed by atoms with Gasteiger partial charge in [0, 0.05) is 24.2 Å². The maximum Gasteiger partial charge on any atom is 0.243 e. The van der Waals surface area contributed by atoms with E-state index < -0.39 is 0 Å². The number of amides is 2. The molecular weight excluding hydrogens is 438 g/mol. The molecule has 3 aromatic rings. The summed E-state index contributed by atoms with van der Waals surface area (Å²) < 4.78 is 0.722. The van der Waals surface area contributed by atoms with E-state index in [9.17, 15) is 9.59 Å². The molecule has 158 valence electrons. The average molecular weight is 462 g/mol. The highest BCUT2D eigenvalue weighted by molar-refractivity contribution is 8.01. The van der Waals surface area contributed by atoms with Crippen molar-refractivity contribution in [3.05, 3.63) is 52.2 Å². The van der Waals surface area contributed by atoms with Gasteiger partial charge in [-0.05, 0) is 36.9 Å². The quantitative estimate of drug-likeness (QED) is 0.447. The van der Waals surface area contributed by atoms with E-state index in [0.717, 1.165) is 28.0 Å². The van der Waals surface area contributed by atoms with Gasteiger partial charge in [-0.3, -0.25) is 9.59 Å². The third-order valence-corrected chi connectivity index (χ3v) is 7.03. The van der Waals surface area contributed by atoms with Crippen LogP contribution in [0.1, 0.15) is 10.4 Å². The Morgan fingerprint density at radius 1 is 1.17 bits per heavy atom. The lowest BCUT2D eigenvalue weighted by Gasteiger charge is -2.16. The molecular formula is C20H23N5O2S3. The Hall–Kier alpha value is -2.43. The maximum atomic E-state index is 12.3. The van der Waals surface area contributed by atoms with Crippen molar-refractivity contribution in [3.8, 4) is 0 Å². The fourth-order valence-corrected chi connectivity index (χ4v) is 4.89. The molecule has 0 aliphatic rings. The third kappa shape index (κ3) is 7.12. The molecule has 0 atom stereocenters. The minimum atomic E-state index is -0.229. The van der Waals surface area contributed by atoms with Gasteiger partial charge in [0.25, 0.3) is 0 Å². The Morgan fingerprint density at radius 3 is 2.70 bits per heavy atom. The Labute approximate surface area is 187 Å². The highest BCUT2D eigenvalue weighted by Crippen LogP contribution is 2.25. The lowest BCUT2D eigenvalue weighted by atomic mass is 10.2. The summed E-state index contributed by atoms with van der Waals surface area (Å²) in [5.74, 6) is -0.160. The first kappa shape index (κ1) is 22.3. The number of hydrogen-bond acceptors (Lipinski definition) is 8. The van der Waals surface area contributed by atoms with Crippen LogP contribution in [0.25, 0.3) is 0 Å². The fraction of sp³-hybridized carbons (Fsp3) is 0.300. The van der Waals surface area contributed by atoms with Crippen LogP contribution in [0.4, 0.5) is 10.8 Å². The van der Waals surface area contributed by atoms with Crippen LogP contribution in [0.5, 0.6) is 0 Å². The summed E-state index contributed by atoms with van der Waals surface area (Å²) in [7, 11) is 1.62. The zero-order valence-electron chi connectivity index (χ0n) is 16.8. The number of thiophene rings is 1. The van der Waals surface area contributed by atoms with Crippen LogP contribution in [-0.4, -0.2) is 52.8 Å². The molecule has 0 radical (unpaired) electrons. The number of aryl methyl sites for hydroxylation is 1. The first-order chi connectivity index (χ1) is 14.5. The van der Waals surface area contributed by atoms with Crippen molar-refractivity contribution in [2.24, 2.45) is 0 Å². The molecule has 0 fully saturated rings. The number of rotatable bonds is 10. The number of aromatic nitrogens is 2. The Balaban J connectivity index is 1.37. The molecule has 2 heterocycles. The van der Waals surface area contributed by atoms with Crippen LogP contribution >= 0.6 is 34.4 Å². The lowest BCUT2D eigenvalue weighted by Crippen LogP contribution is -2.35. The summed E-state index contributed by atoms with van der Waals surface area (Å²) in [6.07, 6.45) is 0.938. The number of carbonyl (C=O) groups excluding carboxylic acids is 2. The smallest absolute Gasteiger partial charge is 0.243 e. The van der Waals surface area contributed by atoms with Crippen molar-refractivity contribution in [3.63, 3.8) is 0 Å². The minimum absolute atomic E-state index is 0.00108. The average Bonchev–Trinajstić information content (AvgIpc) is 3.40. The number of anilines is 2. The molecule has 0 saturated heterocycles. The Morgan fingerprint density at radius 2 is 1.97 bits per heavy atom. The fourth-order valence-electron chi connectivity index (χ4n) is 2.46. The summed E-state index contributed by atoms with van der Waals surface area (Å²) in [5.41, 5.74) is 1.84. The number of nitrogens with one attached hydrogen (secondary N) is 2. The van der Waals surface area contributed by atoms with Crippen molar-refractivity contribution < 1.29 is 9.59 Å². The van der Waals surface area contributed by atoms with Gasteiger partial charge in [0.05, 0.1) is 12.3 Å². The zero-order chi connectivity index (χ0) is 21.3. The van der Waals surface area contributed by atoms with E-state index in [-0.39, 0.29) is 24.1 Å². The molecule has 30 heavy (non-hydrogen) atoms. The summed E-state index contributed by atoms with van der Waals surface area (Å²) in [6, 6.07) is 11.7. The normalized spacial score (nSPS) is 10.6. The van der Waals surface area contributed by atoms with Crippen LogP contribution in [-0.2, 0) is 16.0 Å². The van der Waals surface area contributed by atoms with Gasteiger partial charge in [-0.25, -0.2) is 0 Å². The predicted molar refractivity (Wildman–Crippen MR) is 125 cm³/mol. The molecule has 0 aliphatic carbocycles. The maximum absolute atomic E-state index is 12.3. The van der Waals surface area contributed by atoms with E-state index in [2.05, 4.69) is 32.3 Å². The molecule has 0 bridgehead atoms. The van der Waals surface area contributed by atoms with Crippen molar-refractivity contribution in [1.82, 2.24) is 15.1 Å². The second kappa shape index (κ2) is 11.1. The van der Waals surface area contributed by atoms with Crippen LogP contribution < -0.4 is 10.6 Å². The first-order valence-corrected chi connectivity index (χ1v) is 12.0. The largest absolute Gasteiger partial charge is 0.360 e. The number of hydrogen-bond donors (Lipinski definition) is 2. The standard InChI is InChI=1S/C20H23N5O2S3/c1-14-5-7-15(8-6-14)22-17(26)12-25(2)18(27)13-29-20-24-23-19(30-20)21-10-9-16-4-3-11-28-16/h3-8,11H,9-10,12-13H2,1-2H3,(H,21,23)(H,22,26). The van der Waals surface area contributed by atoms with Gasteiger partial charge >= 0.3 is 0 Å². The van der Waals surface area contributed by atoms with Gasteiger partial charge in [0.1, 0.15) is 0 Å². The first-order valence-electron chi connectivity index (χ1n) is 9.32. The second-order valence-corrected chi connectivity index (χ2v) is 9.81. The van der Waals surface area contributed by atoms with E-state index in [1.54, 1.807) is 18.4 Å². The SMILES string of the molecule is Cc1ccc(NC(=O)CN(C)C(=O)CSc2nnc(NCCc3cccs3)s2)cc1. The third-order valence-electron chi connectivity index (χ3n) is 4.10. The molecule has 1 aromatic carbocycles. The summed E-state index contributed by atoms with van der Waals surface area (Å²) in [6.45, 7) is 2.77. The van der Waals surface area contributed by atoms with Crippen LogP contribution in [0.2, 0.25) is 0 Å². The highest BCUT2D eigenvalue weighted by Gasteiger charge is 2.15. The van der Waals surface area contributed by atoms with E-state index in [1.165, 1.54) is 32.9 Å². The van der Waals surface area contributed by atoms with E-state index in [1.807, 2.05) is 37.3 Å². The molecule has 0 aliphatic heterocycles. The predicted octanol–water partition coefficient (Wildman–Crippen LogP) is 3.75. The van der Waals surface area contributed by atoms with E-state index in [0.29, 0.717) is 5.69 Å². The molecule has 2 amide bonds. The molecule has 2 N–H and O–H groups in total. The molecule has 7 nitrogen and oxygen atoms in total. The minimum Gasteiger partial charge on any atom is -0.360 e. The van der Waals surface area contributed by atoms with Crippen molar-refractivity contribution in [1.29, 1.82) is 0 Å². The van der Waals surface area contributed by atoms with Crippen LogP contribution in [0, 0.1) is 6.92 Å². The van der Waals surface area contributed by atoms with Gasteiger partial charge in [-0.1, -0.05) is 46.9 Å². The van der Waals surface area contributed by atoms with Crippen molar-refractivity contribution in [2.75, 3.05) is 36.5 Å². The number of likely N-dealkylation sites (N-methyl/N-ethyl adjacent to an activating group) is 1. The number of nitrogens with zero attached hydrogens (tertiary/aromatic N) is 3. The van der Waals surface area contributed by atoms with E-state index in [4.69, 9.17) is 0 Å². The molecule has 3 rings (SSSR count). The Kier molecular flexibility index (Phi) is 8.23. The van der Waals surface area contributed by atoms with E-state index >= 15 is 0 Å². The number of thioether (sulfide) groups is 1. The number of benzene rings is 1. The monoisotopic (exact) mass is 461 g/mol. The zero-order valence-corrected chi connectivity index (χ0v) is 19.2. The van der Waals surface area contributed by atoms with Gasteiger partial charge in [-0.15, -0.1) is 21.5 Å². The number of carbonyl (C=O) groups is 2. The summed E-state index contributed by atoms with van der Waals surface area (Å²) >= 11 is 4.48. The molecule has 2 aromatic heterocycles. The van der Waals surface area contributed by atoms with Gasteiger partial charge < -0.3 is 15.5 Å². The second-order valence-electron chi connectivity index (χ2n) is 6.58. The topological polar surface area (TPSA) is 87.2 Å².